The van der Waals surface area contributed by atoms with Gasteiger partial charge in [-0.3, -0.25) is 0 Å². The molecule has 0 saturated carbocycles. The first kappa shape index (κ1) is 15.0. The summed E-state index contributed by atoms with van der Waals surface area (Å²) in [6, 6.07) is 0. The van der Waals surface area contributed by atoms with Crippen LogP contribution in [0.3, 0.4) is 0 Å². The molecule has 5 heteroatoms. The Morgan fingerprint density at radius 2 is 2.00 bits per heavy atom. The van der Waals surface area contributed by atoms with Crippen molar-refractivity contribution in [3.63, 3.8) is 0 Å². The summed E-state index contributed by atoms with van der Waals surface area (Å²) in [6.07, 6.45) is 0. The van der Waals surface area contributed by atoms with E-state index in [1.807, 2.05) is 11.8 Å². The van der Waals surface area contributed by atoms with Gasteiger partial charge in [0.2, 0.25) is 0 Å². The van der Waals surface area contributed by atoms with Gasteiger partial charge in [0.05, 0.1) is 15.0 Å². The van der Waals surface area contributed by atoms with E-state index in [1.165, 1.54) is 0 Å². The Bertz CT molecular complexity index is 369. The van der Waals surface area contributed by atoms with Crippen LogP contribution in [0.5, 0.6) is 0 Å². The zero-order valence-corrected chi connectivity index (χ0v) is 13.9. The summed E-state index contributed by atoms with van der Waals surface area (Å²) in [5.74, 6) is 4.36. The number of hydrogen-bond donors (Lipinski definition) is 1. The minimum absolute atomic E-state index is 0.438. The summed E-state index contributed by atoms with van der Waals surface area (Å²) in [5, 5.41) is 3.32. The van der Waals surface area contributed by atoms with E-state index in [4.69, 9.17) is 0 Å². The maximum Gasteiger partial charge on any atom is 0.143 e. The van der Waals surface area contributed by atoms with E-state index >= 15 is 0 Å². The number of thioether (sulfide) groups is 1. The van der Waals surface area contributed by atoms with E-state index in [2.05, 4.69) is 65.6 Å². The monoisotopic (exact) mass is 365 g/mol. The van der Waals surface area contributed by atoms with Crippen molar-refractivity contribution in [3.05, 3.63) is 15.1 Å². The lowest BCUT2D eigenvalue weighted by molar-refractivity contribution is 0.791. The van der Waals surface area contributed by atoms with E-state index in [0.717, 1.165) is 39.0 Å². The molecule has 0 radical (unpaired) electrons. The lowest BCUT2D eigenvalue weighted by atomic mass is 10.1. The molecule has 1 heterocycles. The number of rotatable bonds is 6. The first-order valence-corrected chi connectivity index (χ1v) is 8.21. The Hall–Kier alpha value is -0.0400. The second-order valence-corrected chi connectivity index (χ2v) is 6.36. The van der Waals surface area contributed by atoms with Crippen LogP contribution in [-0.2, 0) is 5.75 Å². The summed E-state index contributed by atoms with van der Waals surface area (Å²) < 4.78 is 1.16. The topological polar surface area (TPSA) is 37.8 Å². The average molecular weight is 365 g/mol. The maximum absolute atomic E-state index is 4.67. The molecule has 1 aromatic heterocycles. The van der Waals surface area contributed by atoms with Gasteiger partial charge < -0.3 is 5.32 Å². The molecule has 0 atom stereocenters. The fraction of sp³-hybridized carbons (Fsp3) is 0.667. The van der Waals surface area contributed by atoms with Gasteiger partial charge in [-0.2, -0.15) is 11.8 Å². The standard InChI is InChI=1S/C12H20IN3S/c1-5-14-12-10(13)11(8(3)4)15-9(16-12)7-17-6-2/h8H,5-7H2,1-4H3,(H,14,15,16). The largest absolute Gasteiger partial charge is 0.369 e. The highest BCUT2D eigenvalue weighted by molar-refractivity contribution is 14.1. The van der Waals surface area contributed by atoms with Crippen molar-refractivity contribution in [2.45, 2.75) is 39.4 Å². The minimum atomic E-state index is 0.438. The van der Waals surface area contributed by atoms with Crippen molar-refractivity contribution in [2.75, 3.05) is 17.6 Å². The minimum Gasteiger partial charge on any atom is -0.369 e. The molecule has 0 aliphatic carbocycles. The summed E-state index contributed by atoms with van der Waals surface area (Å²) in [6.45, 7) is 9.50. The summed E-state index contributed by atoms with van der Waals surface area (Å²) in [7, 11) is 0. The third-order valence-electron chi connectivity index (χ3n) is 2.25. The molecule has 1 rings (SSSR count). The van der Waals surface area contributed by atoms with Gasteiger partial charge >= 0.3 is 0 Å². The van der Waals surface area contributed by atoms with Crippen LogP contribution in [0.4, 0.5) is 5.82 Å². The number of anilines is 1. The predicted octanol–water partition coefficient (Wildman–Crippen LogP) is 3.89. The van der Waals surface area contributed by atoms with Crippen LogP contribution < -0.4 is 5.32 Å². The zero-order valence-electron chi connectivity index (χ0n) is 10.9. The van der Waals surface area contributed by atoms with Gasteiger partial charge in [0.1, 0.15) is 11.6 Å². The maximum atomic E-state index is 4.67. The summed E-state index contributed by atoms with van der Waals surface area (Å²) in [4.78, 5) is 9.26. The normalized spacial score (nSPS) is 10.9. The molecule has 0 aromatic carbocycles. The van der Waals surface area contributed by atoms with Crippen LogP contribution in [0.1, 0.15) is 45.1 Å². The Morgan fingerprint density at radius 3 is 2.53 bits per heavy atom. The van der Waals surface area contributed by atoms with Gasteiger partial charge in [0.15, 0.2) is 0 Å². The van der Waals surface area contributed by atoms with Crippen molar-refractivity contribution in [1.29, 1.82) is 0 Å². The second-order valence-electron chi connectivity index (χ2n) is 4.01. The van der Waals surface area contributed by atoms with Crippen LogP contribution >= 0.6 is 34.4 Å². The van der Waals surface area contributed by atoms with Crippen LogP contribution in [0.15, 0.2) is 0 Å². The molecule has 0 aliphatic heterocycles. The van der Waals surface area contributed by atoms with Crippen LogP contribution in [0.2, 0.25) is 0 Å². The molecule has 0 spiro atoms. The highest BCUT2D eigenvalue weighted by Gasteiger charge is 2.14. The third-order valence-corrected chi connectivity index (χ3v) is 4.18. The second kappa shape index (κ2) is 7.41. The molecule has 0 unspecified atom stereocenters. The van der Waals surface area contributed by atoms with Crippen molar-refractivity contribution >= 4 is 40.2 Å². The number of nitrogens with zero attached hydrogens (tertiary/aromatic N) is 2. The Kier molecular flexibility index (Phi) is 6.54. The predicted molar refractivity (Wildman–Crippen MR) is 84.8 cm³/mol. The van der Waals surface area contributed by atoms with E-state index < -0.39 is 0 Å². The smallest absolute Gasteiger partial charge is 0.143 e. The van der Waals surface area contributed by atoms with Gasteiger partial charge in [-0.25, -0.2) is 9.97 Å². The SMILES string of the molecule is CCNc1nc(CSCC)nc(C(C)C)c1I. The van der Waals surface area contributed by atoms with Gasteiger partial charge in [0, 0.05) is 6.54 Å². The summed E-state index contributed by atoms with van der Waals surface area (Å²) in [5.41, 5.74) is 1.16. The highest BCUT2D eigenvalue weighted by Crippen LogP contribution is 2.26. The lowest BCUT2D eigenvalue weighted by Gasteiger charge is -2.14. The van der Waals surface area contributed by atoms with E-state index in [-0.39, 0.29) is 0 Å². The van der Waals surface area contributed by atoms with E-state index in [1.54, 1.807) is 0 Å². The molecule has 1 aromatic rings. The van der Waals surface area contributed by atoms with Gasteiger partial charge in [0.25, 0.3) is 0 Å². The van der Waals surface area contributed by atoms with Crippen molar-refractivity contribution in [1.82, 2.24) is 9.97 Å². The van der Waals surface area contributed by atoms with Crippen LogP contribution in [-0.4, -0.2) is 22.3 Å². The molecule has 0 amide bonds. The number of halogens is 1. The number of aromatic nitrogens is 2. The van der Waals surface area contributed by atoms with Crippen molar-refractivity contribution in [3.8, 4) is 0 Å². The molecule has 0 fully saturated rings. The van der Waals surface area contributed by atoms with Crippen molar-refractivity contribution < 1.29 is 0 Å². The molecule has 96 valence electrons. The Morgan fingerprint density at radius 1 is 1.29 bits per heavy atom. The summed E-state index contributed by atoms with van der Waals surface area (Å²) >= 11 is 4.20. The van der Waals surface area contributed by atoms with Gasteiger partial charge in [-0.1, -0.05) is 20.8 Å². The molecule has 0 bridgehead atoms. The molecule has 0 saturated heterocycles. The number of nitrogens with one attached hydrogen (secondary N) is 1. The van der Waals surface area contributed by atoms with Crippen LogP contribution in [0.25, 0.3) is 0 Å². The molecular formula is C12H20IN3S. The number of hydrogen-bond acceptors (Lipinski definition) is 4. The first-order chi connectivity index (χ1) is 8.10. The fourth-order valence-electron chi connectivity index (χ4n) is 1.44. The fourth-order valence-corrected chi connectivity index (χ4v) is 3.01. The quantitative estimate of drug-likeness (QED) is 0.777. The lowest BCUT2D eigenvalue weighted by Crippen LogP contribution is -2.10. The van der Waals surface area contributed by atoms with Gasteiger partial charge in [-0.05, 0) is 41.2 Å². The first-order valence-electron chi connectivity index (χ1n) is 5.98. The van der Waals surface area contributed by atoms with Crippen LogP contribution in [0, 0.1) is 3.57 Å². The zero-order chi connectivity index (χ0) is 12.8. The molecule has 0 aliphatic rings. The Labute approximate surface area is 122 Å². The van der Waals surface area contributed by atoms with Gasteiger partial charge in [-0.15, -0.1) is 0 Å². The average Bonchev–Trinajstić information content (AvgIpc) is 2.29. The molecular weight excluding hydrogens is 345 g/mol. The molecule has 17 heavy (non-hydrogen) atoms. The Balaban J connectivity index is 3.07. The van der Waals surface area contributed by atoms with E-state index in [9.17, 15) is 0 Å². The molecule has 3 nitrogen and oxygen atoms in total. The van der Waals surface area contributed by atoms with E-state index in [0.29, 0.717) is 5.92 Å². The molecule has 1 N–H and O–H groups in total. The van der Waals surface area contributed by atoms with Crippen molar-refractivity contribution in [2.24, 2.45) is 0 Å². The highest BCUT2D eigenvalue weighted by atomic mass is 127. The third kappa shape index (κ3) is 4.28.